The minimum Gasteiger partial charge on any atom is -0.353 e. The van der Waals surface area contributed by atoms with Gasteiger partial charge in [-0.05, 0) is 26.0 Å². The normalized spacial score (nSPS) is 17.8. The first-order valence-corrected chi connectivity index (χ1v) is 9.69. The van der Waals surface area contributed by atoms with E-state index in [9.17, 15) is 13.2 Å². The zero-order valence-corrected chi connectivity index (χ0v) is 15.0. The van der Waals surface area contributed by atoms with Crippen molar-refractivity contribution >= 4 is 38.9 Å². The highest BCUT2D eigenvalue weighted by Crippen LogP contribution is 2.28. The molecule has 0 bridgehead atoms. The number of hydrogen-bond acceptors (Lipinski definition) is 5. The summed E-state index contributed by atoms with van der Waals surface area (Å²) >= 11 is 6.87. The van der Waals surface area contributed by atoms with Gasteiger partial charge in [0.05, 0.1) is 10.9 Å². The number of hydrogen-bond donors (Lipinski definition) is 1. The third-order valence-corrected chi connectivity index (χ3v) is 6.89. The van der Waals surface area contributed by atoms with E-state index in [0.29, 0.717) is 37.1 Å². The average molecular weight is 366 g/mol. The molecule has 1 N–H and O–H groups in total. The lowest BCUT2D eigenvalue weighted by Gasteiger charge is -2.33. The summed E-state index contributed by atoms with van der Waals surface area (Å²) < 4.78 is 27.1. The molecule has 1 amide bonds. The van der Waals surface area contributed by atoms with Crippen LogP contribution < -0.4 is 5.32 Å². The molecule has 0 radical (unpaired) electrons. The maximum atomic E-state index is 12.5. The van der Waals surface area contributed by atoms with E-state index >= 15 is 0 Å². The third kappa shape index (κ3) is 4.42. The fourth-order valence-electron chi connectivity index (χ4n) is 2.26. The van der Waals surface area contributed by atoms with Crippen LogP contribution in [0.4, 0.5) is 0 Å². The molecular formula is C13H20ClN3O3S2. The highest BCUT2D eigenvalue weighted by atomic mass is 35.5. The molecule has 1 aliphatic heterocycles. The van der Waals surface area contributed by atoms with Crippen molar-refractivity contribution in [3.05, 3.63) is 16.5 Å². The Kier molecular flexibility index (Phi) is 5.84. The molecule has 1 aromatic rings. The van der Waals surface area contributed by atoms with Crippen LogP contribution in [0.3, 0.4) is 0 Å². The van der Waals surface area contributed by atoms with Crippen LogP contribution >= 0.6 is 22.9 Å². The SMILES string of the molecule is CC(C)NC(=O)CN1CCN(S(=O)(=O)c2ccc(Cl)s2)CC1. The van der Waals surface area contributed by atoms with Crippen LogP contribution in [0, 0.1) is 0 Å². The monoisotopic (exact) mass is 365 g/mol. The molecule has 0 unspecified atom stereocenters. The van der Waals surface area contributed by atoms with Crippen molar-refractivity contribution in [2.24, 2.45) is 0 Å². The first kappa shape index (κ1) is 17.7. The van der Waals surface area contributed by atoms with Gasteiger partial charge < -0.3 is 5.32 Å². The molecule has 0 spiro atoms. The summed E-state index contributed by atoms with van der Waals surface area (Å²) in [5.74, 6) is -0.0312. The van der Waals surface area contributed by atoms with E-state index in [-0.39, 0.29) is 16.2 Å². The second-order valence-electron chi connectivity index (χ2n) is 5.46. The molecule has 1 aliphatic rings. The molecular weight excluding hydrogens is 346 g/mol. The Morgan fingerprint density at radius 3 is 2.45 bits per heavy atom. The second-order valence-corrected chi connectivity index (χ2v) is 9.34. The van der Waals surface area contributed by atoms with Gasteiger partial charge in [-0.25, -0.2) is 8.42 Å². The Labute approximate surface area is 140 Å². The maximum absolute atomic E-state index is 12.5. The fourth-order valence-corrected chi connectivity index (χ4v) is 5.32. The maximum Gasteiger partial charge on any atom is 0.252 e. The highest BCUT2D eigenvalue weighted by molar-refractivity contribution is 7.91. The molecule has 0 saturated carbocycles. The number of thiophene rings is 1. The van der Waals surface area contributed by atoms with E-state index in [1.807, 2.05) is 18.7 Å². The van der Waals surface area contributed by atoms with Gasteiger partial charge in [0.2, 0.25) is 5.91 Å². The summed E-state index contributed by atoms with van der Waals surface area (Å²) in [4.78, 5) is 13.7. The lowest BCUT2D eigenvalue weighted by molar-refractivity contribution is -0.123. The van der Waals surface area contributed by atoms with Crippen molar-refractivity contribution in [3.8, 4) is 0 Å². The summed E-state index contributed by atoms with van der Waals surface area (Å²) in [6.07, 6.45) is 0. The van der Waals surface area contributed by atoms with E-state index in [1.165, 1.54) is 10.4 Å². The van der Waals surface area contributed by atoms with Crippen LogP contribution in [0.25, 0.3) is 0 Å². The molecule has 0 aromatic carbocycles. The van der Waals surface area contributed by atoms with Crippen molar-refractivity contribution in [3.63, 3.8) is 0 Å². The number of nitrogens with one attached hydrogen (secondary N) is 1. The van der Waals surface area contributed by atoms with Gasteiger partial charge in [-0.1, -0.05) is 11.6 Å². The Bertz CT molecular complexity index is 622. The Morgan fingerprint density at radius 1 is 1.32 bits per heavy atom. The van der Waals surface area contributed by atoms with Crippen LogP contribution in [-0.4, -0.2) is 62.3 Å². The van der Waals surface area contributed by atoms with Gasteiger partial charge in [0.25, 0.3) is 10.0 Å². The number of rotatable bonds is 5. The van der Waals surface area contributed by atoms with Gasteiger partial charge in [-0.3, -0.25) is 9.69 Å². The predicted octanol–water partition coefficient (Wildman–Crippen LogP) is 1.23. The first-order chi connectivity index (χ1) is 10.3. The van der Waals surface area contributed by atoms with Crippen molar-refractivity contribution in [2.75, 3.05) is 32.7 Å². The third-order valence-electron chi connectivity index (χ3n) is 3.29. The van der Waals surface area contributed by atoms with Crippen LogP contribution in [0.2, 0.25) is 4.34 Å². The largest absolute Gasteiger partial charge is 0.353 e. The quantitative estimate of drug-likeness (QED) is 0.852. The van der Waals surface area contributed by atoms with Gasteiger partial charge >= 0.3 is 0 Å². The van der Waals surface area contributed by atoms with E-state index in [0.717, 1.165) is 11.3 Å². The van der Waals surface area contributed by atoms with Crippen LogP contribution in [0.5, 0.6) is 0 Å². The van der Waals surface area contributed by atoms with Crippen molar-refractivity contribution < 1.29 is 13.2 Å². The zero-order chi connectivity index (χ0) is 16.3. The fraction of sp³-hybridized carbons (Fsp3) is 0.615. The molecule has 9 heteroatoms. The van der Waals surface area contributed by atoms with Gasteiger partial charge in [0.1, 0.15) is 4.21 Å². The lowest BCUT2D eigenvalue weighted by Crippen LogP contribution is -2.51. The molecule has 1 saturated heterocycles. The number of halogens is 1. The number of sulfonamides is 1. The minimum atomic E-state index is -3.47. The number of amides is 1. The van der Waals surface area contributed by atoms with Gasteiger partial charge in [-0.15, -0.1) is 11.3 Å². The molecule has 1 aromatic heterocycles. The minimum absolute atomic E-state index is 0.0312. The van der Waals surface area contributed by atoms with Crippen LogP contribution in [-0.2, 0) is 14.8 Å². The smallest absolute Gasteiger partial charge is 0.252 e. The number of piperazine rings is 1. The Morgan fingerprint density at radius 2 is 1.95 bits per heavy atom. The number of nitrogens with zero attached hydrogens (tertiary/aromatic N) is 2. The number of carbonyl (C=O) groups is 1. The standard InChI is InChI=1S/C13H20ClN3O3S2/c1-10(2)15-12(18)9-16-5-7-17(8-6-16)22(19,20)13-4-3-11(14)21-13/h3-4,10H,5-9H2,1-2H3,(H,15,18). The second kappa shape index (κ2) is 7.27. The highest BCUT2D eigenvalue weighted by Gasteiger charge is 2.30. The predicted molar refractivity (Wildman–Crippen MR) is 87.8 cm³/mol. The first-order valence-electron chi connectivity index (χ1n) is 7.06. The molecule has 0 aliphatic carbocycles. The molecule has 6 nitrogen and oxygen atoms in total. The van der Waals surface area contributed by atoms with Crippen LogP contribution in [0.1, 0.15) is 13.8 Å². The molecule has 124 valence electrons. The lowest BCUT2D eigenvalue weighted by atomic mass is 10.3. The van der Waals surface area contributed by atoms with Gasteiger partial charge in [-0.2, -0.15) is 4.31 Å². The Hall–Kier alpha value is -0.670. The molecule has 0 atom stereocenters. The molecule has 22 heavy (non-hydrogen) atoms. The van der Waals surface area contributed by atoms with E-state index < -0.39 is 10.0 Å². The summed E-state index contributed by atoms with van der Waals surface area (Å²) in [6.45, 7) is 5.98. The van der Waals surface area contributed by atoms with Crippen molar-refractivity contribution in [1.29, 1.82) is 0 Å². The molecule has 2 heterocycles. The van der Waals surface area contributed by atoms with E-state index in [4.69, 9.17) is 11.6 Å². The summed E-state index contributed by atoms with van der Waals surface area (Å²) in [5, 5.41) is 2.83. The van der Waals surface area contributed by atoms with Gasteiger partial charge in [0.15, 0.2) is 0 Å². The summed E-state index contributed by atoms with van der Waals surface area (Å²) in [5.41, 5.74) is 0. The summed E-state index contributed by atoms with van der Waals surface area (Å²) in [7, 11) is -3.47. The number of carbonyl (C=O) groups excluding carboxylic acids is 1. The van der Waals surface area contributed by atoms with E-state index in [1.54, 1.807) is 6.07 Å². The van der Waals surface area contributed by atoms with Crippen LogP contribution in [0.15, 0.2) is 16.3 Å². The van der Waals surface area contributed by atoms with Gasteiger partial charge in [0, 0.05) is 32.2 Å². The van der Waals surface area contributed by atoms with Crippen molar-refractivity contribution in [2.45, 2.75) is 24.1 Å². The topological polar surface area (TPSA) is 69.7 Å². The zero-order valence-electron chi connectivity index (χ0n) is 12.6. The van der Waals surface area contributed by atoms with E-state index in [2.05, 4.69) is 5.32 Å². The molecule has 1 fully saturated rings. The summed E-state index contributed by atoms with van der Waals surface area (Å²) in [6, 6.07) is 3.23. The van der Waals surface area contributed by atoms with Crippen molar-refractivity contribution in [1.82, 2.24) is 14.5 Å². The molecule has 2 rings (SSSR count). The average Bonchev–Trinajstić information content (AvgIpc) is 2.86. The Balaban J connectivity index is 1.90.